The first-order valence-corrected chi connectivity index (χ1v) is 8.37. The van der Waals surface area contributed by atoms with Gasteiger partial charge < -0.3 is 15.4 Å². The molecule has 0 aliphatic heterocycles. The number of aromatic amines is 1. The number of rotatable bonds is 2. The second kappa shape index (κ2) is 7.12. The molecule has 0 bridgehead atoms. The van der Waals surface area contributed by atoms with Gasteiger partial charge in [-0.2, -0.15) is 0 Å². The van der Waals surface area contributed by atoms with Crippen molar-refractivity contribution in [1.29, 1.82) is 0 Å². The number of hydrogen-bond acceptors (Lipinski definition) is 2. The lowest BCUT2D eigenvalue weighted by Crippen LogP contribution is -2.45. The van der Waals surface area contributed by atoms with Crippen molar-refractivity contribution in [1.82, 2.24) is 10.3 Å². The van der Waals surface area contributed by atoms with Crippen LogP contribution in [0.4, 0.5) is 0 Å². The third-order valence-electron chi connectivity index (χ3n) is 4.19. The average molecular weight is 343 g/mol. The summed E-state index contributed by atoms with van der Waals surface area (Å²) in [4.78, 5) is 15.0. The van der Waals surface area contributed by atoms with Crippen LogP contribution in [0.3, 0.4) is 0 Å². The Labute approximate surface area is 146 Å². The number of amides is 1. The van der Waals surface area contributed by atoms with Crippen LogP contribution in [0.2, 0.25) is 5.02 Å². The lowest BCUT2D eigenvalue weighted by Gasteiger charge is -2.33. The Bertz CT molecular complexity index is 776. The van der Waals surface area contributed by atoms with Gasteiger partial charge in [0.25, 0.3) is 5.91 Å². The van der Waals surface area contributed by atoms with Crippen LogP contribution in [-0.2, 0) is 0 Å². The summed E-state index contributed by atoms with van der Waals surface area (Å²) >= 11 is 5.95. The topological polar surface area (TPSA) is 65.1 Å². The van der Waals surface area contributed by atoms with Crippen LogP contribution in [0, 0.1) is 11.8 Å². The number of benzene rings is 1. The van der Waals surface area contributed by atoms with E-state index in [2.05, 4.69) is 22.1 Å². The number of aromatic nitrogens is 1. The first-order valence-electron chi connectivity index (χ1n) is 7.99. The Morgan fingerprint density at radius 1 is 1.42 bits per heavy atom. The molecule has 0 radical (unpaired) electrons. The maximum absolute atomic E-state index is 12.1. The fourth-order valence-electron chi connectivity index (χ4n) is 2.98. The lowest BCUT2D eigenvalue weighted by molar-refractivity contribution is 0.0452. The van der Waals surface area contributed by atoms with Gasteiger partial charge in [-0.25, -0.2) is 0 Å². The molecular formula is C19H19ClN2O2. The second-order valence-corrected chi connectivity index (χ2v) is 6.59. The van der Waals surface area contributed by atoms with Crippen molar-refractivity contribution in [2.45, 2.75) is 37.3 Å². The van der Waals surface area contributed by atoms with Crippen molar-refractivity contribution in [3.05, 3.63) is 58.9 Å². The molecule has 0 saturated heterocycles. The Kier molecular flexibility index (Phi) is 4.94. The highest BCUT2D eigenvalue weighted by Crippen LogP contribution is 2.28. The van der Waals surface area contributed by atoms with Crippen LogP contribution in [-0.4, -0.2) is 27.6 Å². The first kappa shape index (κ1) is 16.6. The van der Waals surface area contributed by atoms with Crippen LogP contribution in [0.5, 0.6) is 0 Å². The molecule has 5 heteroatoms. The first-order chi connectivity index (χ1) is 11.5. The van der Waals surface area contributed by atoms with Gasteiger partial charge in [-0.1, -0.05) is 29.5 Å². The molecule has 1 heterocycles. The number of nitrogens with one attached hydrogen (secondary N) is 2. The number of carbonyl (C=O) groups is 1. The van der Waals surface area contributed by atoms with Crippen LogP contribution in [0.1, 0.15) is 41.6 Å². The van der Waals surface area contributed by atoms with Crippen molar-refractivity contribution < 1.29 is 9.90 Å². The van der Waals surface area contributed by atoms with Crippen molar-refractivity contribution in [2.75, 3.05) is 0 Å². The van der Waals surface area contributed by atoms with E-state index in [-0.39, 0.29) is 11.9 Å². The summed E-state index contributed by atoms with van der Waals surface area (Å²) in [6, 6.07) is 8.89. The molecule has 1 aliphatic rings. The van der Waals surface area contributed by atoms with Gasteiger partial charge in [0.1, 0.15) is 5.60 Å². The quantitative estimate of drug-likeness (QED) is 0.734. The minimum atomic E-state index is -1.09. The molecule has 1 saturated carbocycles. The van der Waals surface area contributed by atoms with E-state index in [4.69, 9.17) is 11.6 Å². The van der Waals surface area contributed by atoms with Gasteiger partial charge in [-0.05, 0) is 43.5 Å². The van der Waals surface area contributed by atoms with E-state index in [0.717, 1.165) is 18.4 Å². The van der Waals surface area contributed by atoms with Gasteiger partial charge in [0.2, 0.25) is 0 Å². The Morgan fingerprint density at radius 2 is 2.29 bits per heavy atom. The fourth-order valence-corrected chi connectivity index (χ4v) is 3.17. The number of carbonyl (C=O) groups excluding carboxylic acids is 1. The summed E-state index contributed by atoms with van der Waals surface area (Å²) in [5.41, 5.74) is 0.278. The van der Waals surface area contributed by atoms with Gasteiger partial charge in [0.15, 0.2) is 0 Å². The molecule has 1 aromatic heterocycles. The summed E-state index contributed by atoms with van der Waals surface area (Å²) in [6.45, 7) is 0. The number of halogens is 1. The molecule has 3 rings (SSSR count). The highest BCUT2D eigenvalue weighted by molar-refractivity contribution is 6.30. The molecule has 2 atom stereocenters. The fraction of sp³-hybridized carbons (Fsp3) is 0.316. The highest BCUT2D eigenvalue weighted by atomic mass is 35.5. The van der Waals surface area contributed by atoms with Crippen LogP contribution >= 0.6 is 11.6 Å². The summed E-state index contributed by atoms with van der Waals surface area (Å²) in [5, 5.41) is 14.3. The van der Waals surface area contributed by atoms with E-state index in [1.807, 2.05) is 12.1 Å². The molecule has 24 heavy (non-hydrogen) atoms. The summed E-state index contributed by atoms with van der Waals surface area (Å²) in [6.07, 6.45) is 6.07. The molecule has 1 amide bonds. The Hall–Kier alpha value is -2.22. The summed E-state index contributed by atoms with van der Waals surface area (Å²) in [7, 11) is 0. The molecule has 0 spiro atoms. The standard InChI is InChI=1S/C19H19ClN2O2/c20-16-4-1-3-14(11-16)6-9-19(24)8-2-5-17(12-19)22-18(23)15-7-10-21-13-15/h1,3-4,7,10-11,13,17,21,24H,2,5,8,12H2,(H,22,23)/t17-,19?/m0/s1. The minimum Gasteiger partial charge on any atom is -0.378 e. The molecule has 2 aromatic rings. The summed E-state index contributed by atoms with van der Waals surface area (Å²) in [5.74, 6) is 5.83. The van der Waals surface area contributed by atoms with Crippen molar-refractivity contribution in [3.8, 4) is 11.8 Å². The Balaban J connectivity index is 1.67. The smallest absolute Gasteiger partial charge is 0.253 e. The number of aliphatic hydroxyl groups is 1. The van der Waals surface area contributed by atoms with E-state index < -0.39 is 5.60 Å². The van der Waals surface area contributed by atoms with Gasteiger partial charge in [-0.3, -0.25) is 4.79 Å². The minimum absolute atomic E-state index is 0.0835. The average Bonchev–Trinajstić information content (AvgIpc) is 3.08. The Morgan fingerprint density at radius 3 is 3.04 bits per heavy atom. The summed E-state index contributed by atoms with van der Waals surface area (Å²) < 4.78 is 0. The predicted molar refractivity (Wildman–Crippen MR) is 93.8 cm³/mol. The van der Waals surface area contributed by atoms with E-state index in [0.29, 0.717) is 23.4 Å². The molecule has 1 unspecified atom stereocenters. The monoisotopic (exact) mass is 342 g/mol. The maximum Gasteiger partial charge on any atom is 0.253 e. The van der Waals surface area contributed by atoms with Crippen LogP contribution in [0.25, 0.3) is 0 Å². The van der Waals surface area contributed by atoms with Crippen molar-refractivity contribution >= 4 is 17.5 Å². The van der Waals surface area contributed by atoms with Gasteiger partial charge in [-0.15, -0.1) is 0 Å². The lowest BCUT2D eigenvalue weighted by atomic mass is 9.82. The highest BCUT2D eigenvalue weighted by Gasteiger charge is 2.33. The molecular weight excluding hydrogens is 324 g/mol. The molecule has 124 valence electrons. The molecule has 3 N–H and O–H groups in total. The van der Waals surface area contributed by atoms with Gasteiger partial charge >= 0.3 is 0 Å². The van der Waals surface area contributed by atoms with E-state index in [9.17, 15) is 9.90 Å². The van der Waals surface area contributed by atoms with Crippen LogP contribution < -0.4 is 5.32 Å². The van der Waals surface area contributed by atoms with Gasteiger partial charge in [0.05, 0.1) is 5.56 Å². The molecule has 1 aliphatic carbocycles. The second-order valence-electron chi connectivity index (χ2n) is 6.16. The van der Waals surface area contributed by atoms with Gasteiger partial charge in [0, 0.05) is 35.4 Å². The predicted octanol–water partition coefficient (Wildman–Crippen LogP) is 3.12. The van der Waals surface area contributed by atoms with Crippen molar-refractivity contribution in [3.63, 3.8) is 0 Å². The van der Waals surface area contributed by atoms with Crippen molar-refractivity contribution in [2.24, 2.45) is 0 Å². The van der Waals surface area contributed by atoms with Crippen LogP contribution in [0.15, 0.2) is 42.7 Å². The zero-order valence-electron chi connectivity index (χ0n) is 13.2. The number of hydrogen-bond donors (Lipinski definition) is 3. The van der Waals surface area contributed by atoms with E-state index in [1.165, 1.54) is 0 Å². The molecule has 1 aromatic carbocycles. The largest absolute Gasteiger partial charge is 0.378 e. The SMILES string of the molecule is O=C(N[C@H]1CCCC(O)(C#Cc2cccc(Cl)c2)C1)c1cc[nH]c1. The normalized spacial score (nSPS) is 23.2. The zero-order valence-corrected chi connectivity index (χ0v) is 13.9. The van der Waals surface area contributed by atoms with E-state index >= 15 is 0 Å². The number of H-pyrrole nitrogens is 1. The van der Waals surface area contributed by atoms with E-state index in [1.54, 1.807) is 30.6 Å². The maximum atomic E-state index is 12.1. The third kappa shape index (κ3) is 4.19. The molecule has 4 nitrogen and oxygen atoms in total. The third-order valence-corrected chi connectivity index (χ3v) is 4.42. The zero-order chi connectivity index (χ0) is 17.0. The molecule has 1 fully saturated rings.